The maximum absolute atomic E-state index is 11.1. The van der Waals surface area contributed by atoms with E-state index in [-0.39, 0.29) is 5.91 Å². The van der Waals surface area contributed by atoms with E-state index in [0.29, 0.717) is 23.7 Å². The van der Waals surface area contributed by atoms with Crippen LogP contribution in [0.2, 0.25) is 0 Å². The number of amides is 1. The Balaban J connectivity index is 2.16. The molecular formula is C14H13N3O2. The summed E-state index contributed by atoms with van der Waals surface area (Å²) < 4.78 is 5.37. The maximum Gasteiger partial charge on any atom is 0.226 e. The molecule has 96 valence electrons. The molecule has 0 bridgehead atoms. The van der Waals surface area contributed by atoms with Crippen LogP contribution >= 0.6 is 0 Å². The fourth-order valence-corrected chi connectivity index (χ4v) is 1.55. The summed E-state index contributed by atoms with van der Waals surface area (Å²) in [6.07, 6.45) is 1.53. The van der Waals surface area contributed by atoms with E-state index in [9.17, 15) is 4.79 Å². The number of nitriles is 1. The Morgan fingerprint density at radius 3 is 2.68 bits per heavy atom. The van der Waals surface area contributed by atoms with Gasteiger partial charge in [0.1, 0.15) is 6.26 Å². The van der Waals surface area contributed by atoms with E-state index in [0.717, 1.165) is 5.56 Å². The number of hydrogen-bond acceptors (Lipinski definition) is 4. The SMILES string of the molecule is CC(=O)N(C)Cc1coc(-c2ccc(C#N)cc2)n1. The number of oxazole rings is 1. The second-order valence-electron chi connectivity index (χ2n) is 4.21. The Bertz CT molecular complexity index is 623. The molecule has 0 aliphatic carbocycles. The zero-order valence-corrected chi connectivity index (χ0v) is 10.8. The maximum atomic E-state index is 11.1. The van der Waals surface area contributed by atoms with Crippen LogP contribution in [0.1, 0.15) is 18.2 Å². The van der Waals surface area contributed by atoms with Gasteiger partial charge >= 0.3 is 0 Å². The highest BCUT2D eigenvalue weighted by atomic mass is 16.3. The van der Waals surface area contributed by atoms with Crippen molar-refractivity contribution >= 4 is 5.91 Å². The zero-order valence-electron chi connectivity index (χ0n) is 10.8. The Morgan fingerprint density at radius 2 is 2.11 bits per heavy atom. The summed E-state index contributed by atoms with van der Waals surface area (Å²) in [6.45, 7) is 1.91. The van der Waals surface area contributed by atoms with E-state index in [1.54, 1.807) is 36.2 Å². The largest absolute Gasteiger partial charge is 0.444 e. The molecule has 1 aromatic heterocycles. The zero-order chi connectivity index (χ0) is 13.8. The first-order valence-corrected chi connectivity index (χ1v) is 5.77. The minimum Gasteiger partial charge on any atom is -0.444 e. The molecule has 1 heterocycles. The van der Waals surface area contributed by atoms with Gasteiger partial charge in [-0.05, 0) is 24.3 Å². The first-order chi connectivity index (χ1) is 9.10. The lowest BCUT2D eigenvalue weighted by molar-refractivity contribution is -0.128. The van der Waals surface area contributed by atoms with Gasteiger partial charge in [-0.25, -0.2) is 4.98 Å². The Kier molecular flexibility index (Phi) is 3.62. The van der Waals surface area contributed by atoms with Gasteiger partial charge in [-0.3, -0.25) is 4.79 Å². The molecule has 0 saturated carbocycles. The molecule has 5 nitrogen and oxygen atoms in total. The summed E-state index contributed by atoms with van der Waals surface area (Å²) in [4.78, 5) is 17.0. The second kappa shape index (κ2) is 5.36. The van der Waals surface area contributed by atoms with Crippen molar-refractivity contribution in [2.75, 3.05) is 7.05 Å². The lowest BCUT2D eigenvalue weighted by atomic mass is 10.1. The highest BCUT2D eigenvalue weighted by molar-refractivity contribution is 5.72. The normalized spacial score (nSPS) is 9.95. The number of benzene rings is 1. The van der Waals surface area contributed by atoms with Crippen LogP contribution in [0.3, 0.4) is 0 Å². The first kappa shape index (κ1) is 12.8. The molecule has 0 spiro atoms. The molecule has 0 unspecified atom stereocenters. The van der Waals surface area contributed by atoms with Crippen molar-refractivity contribution in [3.8, 4) is 17.5 Å². The Labute approximate surface area is 111 Å². The van der Waals surface area contributed by atoms with Gasteiger partial charge in [0.2, 0.25) is 11.8 Å². The van der Waals surface area contributed by atoms with Crippen molar-refractivity contribution in [2.45, 2.75) is 13.5 Å². The number of nitrogens with zero attached hydrogens (tertiary/aromatic N) is 3. The fraction of sp³-hybridized carbons (Fsp3) is 0.214. The molecule has 0 atom stereocenters. The van der Waals surface area contributed by atoms with Gasteiger partial charge in [-0.1, -0.05) is 0 Å². The average Bonchev–Trinajstić information content (AvgIpc) is 2.87. The molecule has 2 rings (SSSR count). The summed E-state index contributed by atoms with van der Waals surface area (Å²) in [5.41, 5.74) is 2.08. The topological polar surface area (TPSA) is 70.1 Å². The molecular weight excluding hydrogens is 242 g/mol. The van der Waals surface area contributed by atoms with E-state index >= 15 is 0 Å². The minimum absolute atomic E-state index is 0.0251. The summed E-state index contributed by atoms with van der Waals surface area (Å²) in [5.74, 6) is 0.458. The van der Waals surface area contributed by atoms with Crippen molar-refractivity contribution < 1.29 is 9.21 Å². The lowest BCUT2D eigenvalue weighted by Crippen LogP contribution is -2.23. The van der Waals surface area contributed by atoms with Crippen LogP contribution in [0.4, 0.5) is 0 Å². The van der Waals surface area contributed by atoms with Gasteiger partial charge < -0.3 is 9.32 Å². The van der Waals surface area contributed by atoms with E-state index in [1.165, 1.54) is 13.2 Å². The highest BCUT2D eigenvalue weighted by Crippen LogP contribution is 2.19. The van der Waals surface area contributed by atoms with E-state index in [2.05, 4.69) is 11.1 Å². The van der Waals surface area contributed by atoms with Crippen LogP contribution in [-0.4, -0.2) is 22.8 Å². The molecule has 19 heavy (non-hydrogen) atoms. The van der Waals surface area contributed by atoms with Gasteiger partial charge in [-0.15, -0.1) is 0 Å². The summed E-state index contributed by atoms with van der Waals surface area (Å²) >= 11 is 0. The summed E-state index contributed by atoms with van der Waals surface area (Å²) in [7, 11) is 1.71. The minimum atomic E-state index is -0.0251. The number of carbonyl (C=O) groups excluding carboxylic acids is 1. The summed E-state index contributed by atoms with van der Waals surface area (Å²) in [5, 5.41) is 8.73. The quantitative estimate of drug-likeness (QED) is 0.842. The smallest absolute Gasteiger partial charge is 0.226 e. The molecule has 1 amide bonds. The van der Waals surface area contributed by atoms with Gasteiger partial charge in [0.05, 0.1) is 23.9 Å². The van der Waals surface area contributed by atoms with E-state index in [1.807, 2.05) is 0 Å². The van der Waals surface area contributed by atoms with Crippen molar-refractivity contribution in [3.05, 3.63) is 41.8 Å². The van der Waals surface area contributed by atoms with Crippen molar-refractivity contribution in [1.29, 1.82) is 5.26 Å². The molecule has 0 saturated heterocycles. The van der Waals surface area contributed by atoms with Crippen molar-refractivity contribution in [1.82, 2.24) is 9.88 Å². The van der Waals surface area contributed by atoms with Crippen LogP contribution < -0.4 is 0 Å². The summed E-state index contributed by atoms with van der Waals surface area (Å²) in [6, 6.07) is 9.03. The van der Waals surface area contributed by atoms with Gasteiger partial charge in [0.25, 0.3) is 0 Å². The molecule has 2 aromatic rings. The number of hydrogen-bond donors (Lipinski definition) is 0. The van der Waals surface area contributed by atoms with Gasteiger partial charge in [-0.2, -0.15) is 5.26 Å². The van der Waals surface area contributed by atoms with Crippen LogP contribution in [0, 0.1) is 11.3 Å². The molecule has 0 aliphatic heterocycles. The average molecular weight is 255 g/mol. The first-order valence-electron chi connectivity index (χ1n) is 5.77. The number of rotatable bonds is 3. The van der Waals surface area contributed by atoms with E-state index in [4.69, 9.17) is 9.68 Å². The predicted octanol–water partition coefficient (Wildman–Crippen LogP) is 2.19. The van der Waals surface area contributed by atoms with Crippen LogP contribution in [0.25, 0.3) is 11.5 Å². The monoisotopic (exact) mass is 255 g/mol. The molecule has 0 fully saturated rings. The molecule has 0 N–H and O–H groups in total. The van der Waals surface area contributed by atoms with Crippen LogP contribution in [0.15, 0.2) is 34.9 Å². The van der Waals surface area contributed by atoms with Crippen LogP contribution in [0.5, 0.6) is 0 Å². The van der Waals surface area contributed by atoms with E-state index < -0.39 is 0 Å². The van der Waals surface area contributed by atoms with Crippen molar-refractivity contribution in [3.63, 3.8) is 0 Å². The Morgan fingerprint density at radius 1 is 1.42 bits per heavy atom. The number of carbonyl (C=O) groups is 1. The molecule has 1 aromatic carbocycles. The van der Waals surface area contributed by atoms with Gasteiger partial charge in [0, 0.05) is 19.5 Å². The number of aromatic nitrogens is 1. The standard InChI is InChI=1S/C14H13N3O2/c1-10(18)17(2)8-13-9-19-14(16-13)12-5-3-11(7-15)4-6-12/h3-6,9H,8H2,1-2H3. The third-order valence-electron chi connectivity index (χ3n) is 2.75. The third kappa shape index (κ3) is 2.99. The highest BCUT2D eigenvalue weighted by Gasteiger charge is 2.10. The van der Waals surface area contributed by atoms with Gasteiger partial charge in [0.15, 0.2) is 0 Å². The van der Waals surface area contributed by atoms with Crippen LogP contribution in [-0.2, 0) is 11.3 Å². The molecule has 0 radical (unpaired) electrons. The Hall–Kier alpha value is -2.61. The van der Waals surface area contributed by atoms with Crippen molar-refractivity contribution in [2.24, 2.45) is 0 Å². The lowest BCUT2D eigenvalue weighted by Gasteiger charge is -2.11. The fourth-order valence-electron chi connectivity index (χ4n) is 1.55. The predicted molar refractivity (Wildman–Crippen MR) is 68.8 cm³/mol. The second-order valence-corrected chi connectivity index (χ2v) is 4.21. The molecule has 5 heteroatoms. The molecule has 0 aliphatic rings. The third-order valence-corrected chi connectivity index (χ3v) is 2.75.